The maximum atomic E-state index is 13.7. The number of anilines is 4. The Hall–Kier alpha value is -4.12. The first-order valence-corrected chi connectivity index (χ1v) is 26.8. The Morgan fingerprint density at radius 2 is 1.05 bits per heavy atom. The summed E-state index contributed by atoms with van der Waals surface area (Å²) in [5.41, 5.74) is 2.29. The minimum Gasteiger partial charge on any atom is -0.481 e. The van der Waals surface area contributed by atoms with E-state index < -0.39 is 43.6 Å². The van der Waals surface area contributed by atoms with E-state index in [1.165, 1.54) is 12.1 Å². The van der Waals surface area contributed by atoms with Gasteiger partial charge in [0.2, 0.25) is 0 Å². The van der Waals surface area contributed by atoms with Gasteiger partial charge in [-0.05, 0) is 101 Å². The molecular weight excluding hydrogens is 988 g/mol. The fourth-order valence-corrected chi connectivity index (χ4v) is 13.7. The number of esters is 1. The molecule has 2 heterocycles. The number of unbranched alkanes of at least 4 members (excludes halogenated alkanes) is 2. The number of aliphatic carboxylic acids is 1. The maximum Gasteiger partial charge on any atom is 0.344 e. The quantitative estimate of drug-likeness (QED) is 0.100. The van der Waals surface area contributed by atoms with Gasteiger partial charge in [0.1, 0.15) is 11.5 Å². The molecule has 2 aliphatic rings. The molecule has 0 saturated heterocycles. The van der Waals surface area contributed by atoms with Crippen LogP contribution in [0.2, 0.25) is 0 Å². The topological polar surface area (TPSA) is 157 Å². The number of carbonyl (C=O) groups excluding carboxylic acids is 1. The number of ether oxygens (including phenoxy) is 3. The molecular formula is C48H60Br2N2O10S2. The molecule has 64 heavy (non-hydrogen) atoms. The molecule has 4 aromatic rings. The van der Waals surface area contributed by atoms with Crippen LogP contribution >= 0.6 is 31.9 Å². The second-order valence-electron chi connectivity index (χ2n) is 16.6. The Labute approximate surface area is 395 Å². The van der Waals surface area contributed by atoms with Crippen molar-refractivity contribution in [1.82, 2.24) is 0 Å². The van der Waals surface area contributed by atoms with Crippen LogP contribution in [0.5, 0.6) is 11.5 Å². The molecule has 0 aromatic heterocycles. The van der Waals surface area contributed by atoms with Crippen LogP contribution in [0.4, 0.5) is 22.7 Å². The third-order valence-corrected chi connectivity index (χ3v) is 17.2. The molecule has 12 nitrogen and oxygen atoms in total. The van der Waals surface area contributed by atoms with Crippen molar-refractivity contribution < 1.29 is 45.7 Å². The average Bonchev–Trinajstić information content (AvgIpc) is 3.43. The van der Waals surface area contributed by atoms with Crippen LogP contribution in [0, 0.1) is 10.8 Å². The number of hydrogen-bond donors (Lipinski definition) is 1. The Balaban J connectivity index is 0.000000241. The largest absolute Gasteiger partial charge is 0.481 e. The van der Waals surface area contributed by atoms with Gasteiger partial charge in [0, 0.05) is 47.4 Å². The van der Waals surface area contributed by atoms with E-state index in [-0.39, 0.29) is 45.7 Å². The van der Waals surface area contributed by atoms with E-state index in [2.05, 4.69) is 69.4 Å². The molecule has 6 rings (SSSR count). The second kappa shape index (κ2) is 22.4. The van der Waals surface area contributed by atoms with Gasteiger partial charge in [0.15, 0.2) is 32.9 Å². The standard InChI is InChI=1S/C25H32BrNO5S.C23H28BrNO5S/c1-4-7-13-25(5-2)17-27(19-11-9-8-10-12-19)21-14-20(26)22(32-16-24(28)31-6-3)15-23(21)33(29,30)18-25;1-3-5-11-23(4-2)15-25(17-9-7-6-8-10-17)19-12-18(24)20(30-14-22(26)27)13-21(19)31(28,29)16-23/h8-12,14-15H,4-7,13,16-18H2,1-3H3;6-10,12-13H,3-5,11,14-16H2,1-2H3,(H,26,27). The zero-order valence-corrected chi connectivity index (χ0v) is 42.1. The summed E-state index contributed by atoms with van der Waals surface area (Å²) in [6.45, 7) is 10.7. The number of rotatable bonds is 17. The normalized spacial score (nSPS) is 19.7. The van der Waals surface area contributed by atoms with Crippen LogP contribution in [-0.2, 0) is 34.0 Å². The van der Waals surface area contributed by atoms with Gasteiger partial charge in [-0.25, -0.2) is 26.4 Å². The van der Waals surface area contributed by atoms with Crippen LogP contribution < -0.4 is 19.3 Å². The zero-order chi connectivity index (χ0) is 46.7. The van der Waals surface area contributed by atoms with Crippen molar-refractivity contribution in [1.29, 1.82) is 0 Å². The van der Waals surface area contributed by atoms with E-state index in [0.717, 1.165) is 62.7 Å². The second-order valence-corrected chi connectivity index (χ2v) is 22.2. The van der Waals surface area contributed by atoms with Gasteiger partial charge in [-0.1, -0.05) is 89.8 Å². The van der Waals surface area contributed by atoms with Gasteiger partial charge in [-0.15, -0.1) is 0 Å². The highest BCUT2D eigenvalue weighted by atomic mass is 79.9. The Morgan fingerprint density at radius 3 is 1.41 bits per heavy atom. The number of carbonyl (C=O) groups is 2. The third-order valence-electron chi connectivity index (χ3n) is 12.0. The predicted octanol–water partition coefficient (Wildman–Crippen LogP) is 11.3. The summed E-state index contributed by atoms with van der Waals surface area (Å²) in [4.78, 5) is 27.3. The van der Waals surface area contributed by atoms with E-state index in [4.69, 9.17) is 19.3 Å². The molecule has 16 heteroatoms. The molecule has 0 aliphatic carbocycles. The summed E-state index contributed by atoms with van der Waals surface area (Å²) < 4.78 is 71.6. The van der Waals surface area contributed by atoms with Crippen LogP contribution in [0.3, 0.4) is 0 Å². The Bertz CT molecular complexity index is 2460. The fourth-order valence-electron chi connectivity index (χ4n) is 8.43. The van der Waals surface area contributed by atoms with Gasteiger partial charge in [0.25, 0.3) is 0 Å². The van der Waals surface area contributed by atoms with Gasteiger partial charge in [-0.3, -0.25) is 0 Å². The Morgan fingerprint density at radius 1 is 0.641 bits per heavy atom. The molecule has 1 N–H and O–H groups in total. The molecule has 0 spiro atoms. The Kier molecular flexibility index (Phi) is 17.8. The summed E-state index contributed by atoms with van der Waals surface area (Å²) in [7, 11) is -7.25. The van der Waals surface area contributed by atoms with Gasteiger partial charge in [-0.2, -0.15) is 0 Å². The van der Waals surface area contributed by atoms with E-state index in [1.807, 2.05) is 60.7 Å². The van der Waals surface area contributed by atoms with Gasteiger partial charge < -0.3 is 29.1 Å². The SMILES string of the molecule is CCCCC1(CC)CN(c2ccccc2)c2cc(Br)c(OCC(=O)O)cc2S(=O)(=O)C1.CCCCC1(CC)CN(c2ccccc2)c2cc(Br)c(OCC(=O)OCC)cc2S(=O)(=O)C1. The number of benzene rings is 4. The van der Waals surface area contributed by atoms with Crippen molar-refractivity contribution >= 4 is 86.2 Å². The number of sulfone groups is 2. The number of nitrogens with zero attached hydrogens (tertiary/aromatic N) is 2. The molecule has 0 bridgehead atoms. The van der Waals surface area contributed by atoms with Crippen molar-refractivity contribution in [3.8, 4) is 11.5 Å². The molecule has 0 fully saturated rings. The third kappa shape index (κ3) is 12.4. The first-order chi connectivity index (χ1) is 30.5. The fraction of sp³-hybridized carbons (Fsp3) is 0.458. The van der Waals surface area contributed by atoms with Crippen molar-refractivity contribution in [3.05, 3.63) is 93.9 Å². The van der Waals surface area contributed by atoms with Gasteiger partial charge >= 0.3 is 11.9 Å². The lowest BCUT2D eigenvalue weighted by Gasteiger charge is -2.36. The molecule has 2 unspecified atom stereocenters. The molecule has 0 radical (unpaired) electrons. The zero-order valence-electron chi connectivity index (χ0n) is 37.3. The first kappa shape index (κ1) is 50.9. The van der Waals surface area contributed by atoms with E-state index in [0.29, 0.717) is 39.2 Å². The molecule has 4 aromatic carbocycles. The van der Waals surface area contributed by atoms with Crippen LogP contribution in [0.1, 0.15) is 86.0 Å². The van der Waals surface area contributed by atoms with Crippen molar-refractivity contribution in [2.45, 2.75) is 95.8 Å². The maximum absolute atomic E-state index is 13.7. The molecule has 2 atom stereocenters. The number of carboxylic acids is 1. The molecule has 0 amide bonds. The van der Waals surface area contributed by atoms with Crippen LogP contribution in [0.25, 0.3) is 0 Å². The van der Waals surface area contributed by atoms with Crippen LogP contribution in [0.15, 0.2) is 104 Å². The van der Waals surface area contributed by atoms with Crippen molar-refractivity contribution in [2.24, 2.45) is 10.8 Å². The smallest absolute Gasteiger partial charge is 0.344 e. The highest BCUT2D eigenvalue weighted by Crippen LogP contribution is 2.48. The molecule has 2 aliphatic heterocycles. The number of carboxylic acid groups (broad SMARTS) is 1. The summed E-state index contributed by atoms with van der Waals surface area (Å²) in [6.07, 6.45) is 7.10. The summed E-state index contributed by atoms with van der Waals surface area (Å²) >= 11 is 6.95. The lowest BCUT2D eigenvalue weighted by molar-refractivity contribution is -0.145. The van der Waals surface area contributed by atoms with Gasteiger partial charge in [0.05, 0.1) is 48.2 Å². The number of halogens is 2. The highest BCUT2D eigenvalue weighted by Gasteiger charge is 2.43. The average molecular weight is 1050 g/mol. The van der Waals surface area contributed by atoms with E-state index in [9.17, 15) is 26.4 Å². The lowest BCUT2D eigenvalue weighted by atomic mass is 9.81. The van der Waals surface area contributed by atoms with Crippen LogP contribution in [-0.4, -0.2) is 78.3 Å². The van der Waals surface area contributed by atoms with E-state index >= 15 is 0 Å². The number of fused-ring (bicyclic) bond motifs is 2. The summed E-state index contributed by atoms with van der Waals surface area (Å²) in [6, 6.07) is 26.1. The van der Waals surface area contributed by atoms with Crippen molar-refractivity contribution in [2.75, 3.05) is 54.2 Å². The summed E-state index contributed by atoms with van der Waals surface area (Å²) in [5, 5.41) is 8.96. The highest BCUT2D eigenvalue weighted by molar-refractivity contribution is 9.11. The number of para-hydroxylation sites is 2. The van der Waals surface area contributed by atoms with E-state index in [1.54, 1.807) is 19.1 Å². The minimum absolute atomic E-state index is 0.0484. The first-order valence-electron chi connectivity index (χ1n) is 21.9. The number of hydrogen-bond acceptors (Lipinski definition) is 11. The van der Waals surface area contributed by atoms with Crippen molar-refractivity contribution in [3.63, 3.8) is 0 Å². The summed E-state index contributed by atoms with van der Waals surface area (Å²) in [5.74, 6) is -0.998. The molecule has 348 valence electrons. The minimum atomic E-state index is -3.64. The predicted molar refractivity (Wildman–Crippen MR) is 259 cm³/mol. The monoisotopic (exact) mass is 1050 g/mol. The molecule has 0 saturated carbocycles. The lowest BCUT2D eigenvalue weighted by Crippen LogP contribution is -2.37.